The maximum Gasteiger partial charge on any atom is 0.0541 e. The first-order valence-electron chi connectivity index (χ1n) is 16.4. The number of fused-ring (bicyclic) bond motifs is 6. The summed E-state index contributed by atoms with van der Waals surface area (Å²) < 4.78 is 4.84. The minimum absolute atomic E-state index is 0.0908. The van der Waals surface area contributed by atoms with Gasteiger partial charge in [-0.25, -0.2) is 0 Å². The van der Waals surface area contributed by atoms with E-state index in [0.29, 0.717) is 0 Å². The summed E-state index contributed by atoms with van der Waals surface area (Å²) in [5, 5.41) is 5.18. The Balaban J connectivity index is 1.28. The quantitative estimate of drug-likeness (QED) is 0.192. The summed E-state index contributed by atoms with van der Waals surface area (Å²) in [7, 11) is 0. The van der Waals surface area contributed by atoms with Gasteiger partial charge in [0.2, 0.25) is 0 Å². The summed E-state index contributed by atoms with van der Waals surface area (Å²) in [6, 6.07) is 49.5. The predicted octanol–water partition coefficient (Wildman–Crippen LogP) is 12.1. The van der Waals surface area contributed by atoms with Crippen LogP contribution in [0.4, 0.5) is 0 Å². The molecule has 46 heavy (non-hydrogen) atoms. The number of nitrogens with zero attached hydrogens (tertiary/aromatic N) is 2. The summed E-state index contributed by atoms with van der Waals surface area (Å²) in [5.74, 6) is 0. The van der Waals surface area contributed by atoms with Crippen molar-refractivity contribution in [2.45, 2.75) is 52.4 Å². The third-order valence-electron chi connectivity index (χ3n) is 9.62. The van der Waals surface area contributed by atoms with E-state index in [1.54, 1.807) is 0 Å². The van der Waals surface area contributed by atoms with E-state index in [1.807, 2.05) is 0 Å². The molecule has 2 heterocycles. The van der Waals surface area contributed by atoms with Gasteiger partial charge in [0.25, 0.3) is 0 Å². The van der Waals surface area contributed by atoms with Crippen LogP contribution in [0.2, 0.25) is 0 Å². The summed E-state index contributed by atoms with van der Waals surface area (Å²) in [4.78, 5) is 0. The van der Waals surface area contributed by atoms with Gasteiger partial charge in [0, 0.05) is 32.9 Å². The van der Waals surface area contributed by atoms with Crippen LogP contribution in [0.15, 0.2) is 133 Å². The molecule has 6 aromatic carbocycles. The smallest absolute Gasteiger partial charge is 0.0541 e. The lowest BCUT2D eigenvalue weighted by atomic mass is 9.86. The van der Waals surface area contributed by atoms with Gasteiger partial charge in [-0.05, 0) is 93.7 Å². The molecule has 0 fully saturated rings. The number of benzene rings is 6. The molecule has 0 aliphatic heterocycles. The van der Waals surface area contributed by atoms with Gasteiger partial charge in [-0.2, -0.15) is 0 Å². The third kappa shape index (κ3) is 4.55. The zero-order valence-electron chi connectivity index (χ0n) is 27.6. The second-order valence-electron chi connectivity index (χ2n) is 14.8. The highest BCUT2D eigenvalue weighted by atomic mass is 15.0. The molecule has 2 nitrogen and oxygen atoms in total. The lowest BCUT2D eigenvalue weighted by molar-refractivity contribution is 0.591. The molecule has 0 atom stereocenters. The molecule has 2 heteroatoms. The second kappa shape index (κ2) is 10.2. The normalized spacial score (nSPS) is 12.6. The van der Waals surface area contributed by atoms with Crippen molar-refractivity contribution in [3.63, 3.8) is 0 Å². The highest BCUT2D eigenvalue weighted by Gasteiger charge is 2.20. The monoisotopic (exact) mass is 596 g/mol. The lowest BCUT2D eigenvalue weighted by Gasteiger charge is -2.19. The fourth-order valence-electron chi connectivity index (χ4n) is 7.08. The summed E-state index contributed by atoms with van der Waals surface area (Å²) in [5.41, 5.74) is 12.6. The standard InChI is InChI=1S/C44H40N2/c1-43(2,3)31-21-23-41-37(27-31)35-17-7-9-19-39(35)45(41)33-15-11-13-29(25-33)30-14-12-16-34(26-30)46-40-20-10-8-18-36(40)38-28-32(44(4,5)6)22-24-42(38)46/h7-28H,1-6H3. The molecule has 0 bridgehead atoms. The second-order valence-corrected chi connectivity index (χ2v) is 14.8. The van der Waals surface area contributed by atoms with Crippen molar-refractivity contribution in [2.75, 3.05) is 0 Å². The SMILES string of the molecule is CC(C)(C)c1ccc2c(c1)c1ccccc1n2-c1cccc(-c2cccc(-n3c4ccccc4c4cc(C(C)(C)C)ccc43)c2)c1. The van der Waals surface area contributed by atoms with Crippen molar-refractivity contribution >= 4 is 43.6 Å². The molecule has 8 aromatic rings. The molecule has 8 rings (SSSR count). The molecule has 0 aliphatic carbocycles. The summed E-state index contributed by atoms with van der Waals surface area (Å²) >= 11 is 0. The van der Waals surface area contributed by atoms with Gasteiger partial charge in [-0.15, -0.1) is 0 Å². The maximum atomic E-state index is 2.42. The Morgan fingerprint density at radius 2 is 0.739 bits per heavy atom. The Morgan fingerprint density at radius 3 is 1.15 bits per heavy atom. The van der Waals surface area contributed by atoms with Gasteiger partial charge in [-0.3, -0.25) is 0 Å². The average Bonchev–Trinajstić information content (AvgIpc) is 3.56. The molecular weight excluding hydrogens is 556 g/mol. The third-order valence-corrected chi connectivity index (χ3v) is 9.62. The molecular formula is C44H40N2. The molecule has 0 unspecified atom stereocenters. The lowest BCUT2D eigenvalue weighted by Crippen LogP contribution is -2.10. The highest BCUT2D eigenvalue weighted by Crippen LogP contribution is 2.38. The van der Waals surface area contributed by atoms with Gasteiger partial charge in [0.1, 0.15) is 0 Å². The van der Waals surface area contributed by atoms with Crippen molar-refractivity contribution < 1.29 is 0 Å². The highest BCUT2D eigenvalue weighted by molar-refractivity contribution is 6.10. The van der Waals surface area contributed by atoms with E-state index in [4.69, 9.17) is 0 Å². The minimum atomic E-state index is 0.0908. The first-order valence-corrected chi connectivity index (χ1v) is 16.4. The molecule has 0 amide bonds. The Kier molecular flexibility index (Phi) is 6.31. The van der Waals surface area contributed by atoms with E-state index in [0.717, 1.165) is 0 Å². The van der Waals surface area contributed by atoms with Crippen molar-refractivity contribution in [1.82, 2.24) is 9.13 Å². The Hall–Kier alpha value is -5.08. The molecule has 0 spiro atoms. The van der Waals surface area contributed by atoms with Crippen molar-refractivity contribution in [3.05, 3.63) is 145 Å². The number of hydrogen-bond donors (Lipinski definition) is 0. The van der Waals surface area contributed by atoms with Crippen LogP contribution in [0, 0.1) is 0 Å². The molecule has 0 saturated carbocycles. The number of para-hydroxylation sites is 2. The van der Waals surface area contributed by atoms with Crippen LogP contribution in [0.25, 0.3) is 66.1 Å². The van der Waals surface area contributed by atoms with E-state index in [9.17, 15) is 0 Å². The number of rotatable bonds is 3. The van der Waals surface area contributed by atoms with Crippen LogP contribution in [-0.4, -0.2) is 9.13 Å². The first-order chi connectivity index (χ1) is 22.1. The van der Waals surface area contributed by atoms with Crippen LogP contribution in [0.1, 0.15) is 52.7 Å². The van der Waals surface area contributed by atoms with E-state index in [1.165, 1.54) is 77.2 Å². The van der Waals surface area contributed by atoms with Crippen LogP contribution in [-0.2, 0) is 10.8 Å². The van der Waals surface area contributed by atoms with Gasteiger partial charge < -0.3 is 9.13 Å². The Morgan fingerprint density at radius 1 is 0.348 bits per heavy atom. The molecule has 2 aromatic heterocycles. The van der Waals surface area contributed by atoms with Gasteiger partial charge in [0.15, 0.2) is 0 Å². The largest absolute Gasteiger partial charge is 0.309 e. The fraction of sp³-hybridized carbons (Fsp3) is 0.182. The number of aromatic nitrogens is 2. The Bertz CT molecular complexity index is 2260. The van der Waals surface area contributed by atoms with Gasteiger partial charge >= 0.3 is 0 Å². The van der Waals surface area contributed by atoms with Crippen molar-refractivity contribution in [3.8, 4) is 22.5 Å². The maximum absolute atomic E-state index is 2.42. The predicted molar refractivity (Wildman–Crippen MR) is 198 cm³/mol. The van der Waals surface area contributed by atoms with Gasteiger partial charge in [-0.1, -0.05) is 114 Å². The zero-order chi connectivity index (χ0) is 31.8. The molecule has 0 radical (unpaired) electrons. The van der Waals surface area contributed by atoms with Crippen LogP contribution in [0.3, 0.4) is 0 Å². The van der Waals surface area contributed by atoms with Crippen molar-refractivity contribution in [1.29, 1.82) is 0 Å². The van der Waals surface area contributed by atoms with E-state index in [-0.39, 0.29) is 10.8 Å². The molecule has 0 N–H and O–H groups in total. The van der Waals surface area contributed by atoms with Crippen LogP contribution < -0.4 is 0 Å². The average molecular weight is 597 g/mol. The number of hydrogen-bond acceptors (Lipinski definition) is 0. The van der Waals surface area contributed by atoms with Crippen molar-refractivity contribution in [2.24, 2.45) is 0 Å². The fourth-order valence-corrected chi connectivity index (χ4v) is 7.08. The van der Waals surface area contributed by atoms with Crippen LogP contribution in [0.5, 0.6) is 0 Å². The zero-order valence-corrected chi connectivity index (χ0v) is 27.6. The van der Waals surface area contributed by atoms with Gasteiger partial charge in [0.05, 0.1) is 22.1 Å². The molecule has 0 saturated heterocycles. The minimum Gasteiger partial charge on any atom is -0.309 e. The van der Waals surface area contributed by atoms with E-state index in [2.05, 4.69) is 184 Å². The van der Waals surface area contributed by atoms with Crippen LogP contribution >= 0.6 is 0 Å². The summed E-state index contributed by atoms with van der Waals surface area (Å²) in [6.07, 6.45) is 0. The first kappa shape index (κ1) is 28.4. The van der Waals surface area contributed by atoms with E-state index >= 15 is 0 Å². The molecule has 0 aliphatic rings. The summed E-state index contributed by atoms with van der Waals surface area (Å²) in [6.45, 7) is 13.7. The van der Waals surface area contributed by atoms with E-state index < -0.39 is 0 Å². The molecule has 226 valence electrons. The Labute approximate surface area is 271 Å². The topological polar surface area (TPSA) is 9.86 Å².